The molecule has 0 amide bonds. The Balaban J connectivity index is 3.60. The van der Waals surface area contributed by atoms with Crippen molar-refractivity contribution in [2.75, 3.05) is 0 Å². The smallest absolute Gasteiger partial charge is 0.0255 e. The molecule has 1 radical (unpaired) electrons. The maximum absolute atomic E-state index is 5.32. The van der Waals surface area contributed by atoms with E-state index in [4.69, 9.17) is 6.42 Å². The summed E-state index contributed by atoms with van der Waals surface area (Å²) in [7, 11) is 0. The van der Waals surface area contributed by atoms with E-state index in [1.807, 2.05) is 0 Å². The second kappa shape index (κ2) is 3.66. The summed E-state index contributed by atoms with van der Waals surface area (Å²) in [5.41, 5.74) is 0.0615. The van der Waals surface area contributed by atoms with Crippen LogP contribution >= 0.6 is 0 Å². The van der Waals surface area contributed by atoms with E-state index in [1.54, 1.807) is 0 Å². The molecule has 0 rings (SSSR count). The lowest BCUT2D eigenvalue weighted by Crippen LogP contribution is -2.08. The number of hydrogen-bond acceptors (Lipinski definition) is 0. The van der Waals surface area contributed by atoms with Crippen molar-refractivity contribution in [1.29, 1.82) is 0 Å². The van der Waals surface area contributed by atoms with Crippen molar-refractivity contribution in [2.24, 2.45) is 11.3 Å². The minimum Gasteiger partial charge on any atom is -0.120 e. The van der Waals surface area contributed by atoms with Gasteiger partial charge >= 0.3 is 0 Å². The van der Waals surface area contributed by atoms with Crippen LogP contribution in [0.3, 0.4) is 0 Å². The molecule has 0 saturated carbocycles. The van der Waals surface area contributed by atoms with E-state index in [1.165, 1.54) is 0 Å². The highest BCUT2D eigenvalue weighted by atomic mass is 14.2. The predicted molar refractivity (Wildman–Crippen MR) is 46.4 cm³/mol. The zero-order chi connectivity index (χ0) is 8.20. The SMILES string of the molecule is C#CC(C)(C)CCC([CH2])C. The molecular weight excluding hydrogens is 120 g/mol. The molecule has 0 spiro atoms. The van der Waals surface area contributed by atoms with Crippen molar-refractivity contribution in [1.82, 2.24) is 0 Å². The first-order valence-corrected chi connectivity index (χ1v) is 3.79. The molecule has 0 saturated heterocycles. The van der Waals surface area contributed by atoms with E-state index in [9.17, 15) is 0 Å². The topological polar surface area (TPSA) is 0 Å². The maximum atomic E-state index is 5.32. The minimum atomic E-state index is 0.0615. The molecule has 10 heavy (non-hydrogen) atoms. The van der Waals surface area contributed by atoms with Crippen LogP contribution in [0, 0.1) is 30.6 Å². The van der Waals surface area contributed by atoms with Crippen LogP contribution in [0.1, 0.15) is 33.6 Å². The molecule has 0 aliphatic heterocycles. The molecule has 1 unspecified atom stereocenters. The van der Waals surface area contributed by atoms with Gasteiger partial charge in [0.15, 0.2) is 0 Å². The van der Waals surface area contributed by atoms with Crippen LogP contribution in [0.4, 0.5) is 0 Å². The van der Waals surface area contributed by atoms with Crippen LogP contribution in [0.2, 0.25) is 0 Å². The highest BCUT2D eigenvalue weighted by molar-refractivity contribution is 5.00. The van der Waals surface area contributed by atoms with E-state index in [2.05, 4.69) is 33.6 Å². The number of rotatable bonds is 3. The largest absolute Gasteiger partial charge is 0.120 e. The molecule has 0 nitrogen and oxygen atoms in total. The quantitative estimate of drug-likeness (QED) is 0.525. The zero-order valence-corrected chi connectivity index (χ0v) is 7.28. The summed E-state index contributed by atoms with van der Waals surface area (Å²) < 4.78 is 0. The van der Waals surface area contributed by atoms with E-state index >= 15 is 0 Å². The standard InChI is InChI=1S/C10H17/c1-6-10(4,5)8-7-9(2)3/h1,9H,2,7-8H2,3-5H3. The van der Waals surface area contributed by atoms with Gasteiger partial charge in [-0.25, -0.2) is 0 Å². The average Bonchev–Trinajstić information content (AvgIpc) is 1.85. The van der Waals surface area contributed by atoms with Gasteiger partial charge in [-0.1, -0.05) is 13.8 Å². The Morgan fingerprint density at radius 3 is 2.40 bits per heavy atom. The highest BCUT2D eigenvalue weighted by Gasteiger charge is 2.13. The maximum Gasteiger partial charge on any atom is 0.0255 e. The van der Waals surface area contributed by atoms with Gasteiger partial charge in [-0.2, -0.15) is 0 Å². The lowest BCUT2D eigenvalue weighted by Gasteiger charge is -2.17. The van der Waals surface area contributed by atoms with Gasteiger partial charge in [0.05, 0.1) is 0 Å². The summed E-state index contributed by atoms with van der Waals surface area (Å²) in [6, 6.07) is 0. The lowest BCUT2D eigenvalue weighted by atomic mass is 9.86. The third kappa shape index (κ3) is 4.44. The van der Waals surface area contributed by atoms with Crippen molar-refractivity contribution in [3.05, 3.63) is 6.92 Å². The molecule has 0 heterocycles. The molecule has 0 bridgehead atoms. The van der Waals surface area contributed by atoms with E-state index < -0.39 is 0 Å². The molecule has 0 fully saturated rings. The fraction of sp³-hybridized carbons (Fsp3) is 0.700. The van der Waals surface area contributed by atoms with Gasteiger partial charge in [0.25, 0.3) is 0 Å². The molecule has 0 aliphatic rings. The van der Waals surface area contributed by atoms with Crippen molar-refractivity contribution in [3.63, 3.8) is 0 Å². The summed E-state index contributed by atoms with van der Waals surface area (Å²) in [4.78, 5) is 0. The van der Waals surface area contributed by atoms with Gasteiger partial charge in [0.1, 0.15) is 0 Å². The molecule has 0 N–H and O–H groups in total. The Hall–Kier alpha value is -0.440. The van der Waals surface area contributed by atoms with E-state index in [-0.39, 0.29) is 5.41 Å². The first-order valence-electron chi connectivity index (χ1n) is 3.79. The Morgan fingerprint density at radius 2 is 2.10 bits per heavy atom. The van der Waals surface area contributed by atoms with Crippen LogP contribution in [0.25, 0.3) is 0 Å². The minimum absolute atomic E-state index is 0.0615. The fourth-order valence-corrected chi connectivity index (χ4v) is 0.679. The molecule has 0 aromatic carbocycles. The summed E-state index contributed by atoms with van der Waals surface area (Å²) in [5.74, 6) is 3.29. The average molecular weight is 137 g/mol. The molecular formula is C10H17. The van der Waals surface area contributed by atoms with Gasteiger partial charge in [-0.05, 0) is 32.6 Å². The third-order valence-electron chi connectivity index (χ3n) is 1.65. The number of terminal acetylenes is 1. The summed E-state index contributed by atoms with van der Waals surface area (Å²) in [5, 5.41) is 0. The van der Waals surface area contributed by atoms with Gasteiger partial charge in [-0.15, -0.1) is 12.3 Å². The lowest BCUT2D eigenvalue weighted by molar-refractivity contribution is 0.411. The van der Waals surface area contributed by atoms with Gasteiger partial charge in [0.2, 0.25) is 0 Å². The first kappa shape index (κ1) is 9.56. The normalized spacial score (nSPS) is 11.6. The first-order chi connectivity index (χ1) is 4.48. The number of hydrogen-bond donors (Lipinski definition) is 0. The Bertz CT molecular complexity index is 123. The second-order valence-electron chi connectivity index (χ2n) is 3.67. The van der Waals surface area contributed by atoms with Gasteiger partial charge in [0, 0.05) is 5.41 Å². The second-order valence-corrected chi connectivity index (χ2v) is 3.67. The summed E-state index contributed by atoms with van der Waals surface area (Å²) in [6.45, 7) is 10.2. The van der Waals surface area contributed by atoms with Crippen LogP contribution in [0.5, 0.6) is 0 Å². The van der Waals surface area contributed by atoms with Crippen molar-refractivity contribution in [3.8, 4) is 12.3 Å². The zero-order valence-electron chi connectivity index (χ0n) is 7.28. The van der Waals surface area contributed by atoms with E-state index in [0.717, 1.165) is 12.8 Å². The highest BCUT2D eigenvalue weighted by Crippen LogP contribution is 2.22. The van der Waals surface area contributed by atoms with Crippen LogP contribution in [0.15, 0.2) is 0 Å². The molecule has 0 heteroatoms. The molecule has 0 aromatic heterocycles. The molecule has 57 valence electrons. The Labute approximate surface area is 65.0 Å². The van der Waals surface area contributed by atoms with Gasteiger partial charge < -0.3 is 0 Å². The van der Waals surface area contributed by atoms with Gasteiger partial charge in [-0.3, -0.25) is 0 Å². The van der Waals surface area contributed by atoms with Crippen molar-refractivity contribution in [2.45, 2.75) is 33.6 Å². The predicted octanol–water partition coefficient (Wildman–Crippen LogP) is 2.90. The monoisotopic (exact) mass is 137 g/mol. The molecule has 0 aliphatic carbocycles. The third-order valence-corrected chi connectivity index (χ3v) is 1.65. The fourth-order valence-electron chi connectivity index (χ4n) is 0.679. The Morgan fingerprint density at radius 1 is 1.60 bits per heavy atom. The van der Waals surface area contributed by atoms with Crippen LogP contribution in [-0.4, -0.2) is 0 Å². The van der Waals surface area contributed by atoms with E-state index in [0.29, 0.717) is 5.92 Å². The summed E-state index contributed by atoms with van der Waals surface area (Å²) in [6.07, 6.45) is 7.52. The van der Waals surface area contributed by atoms with Crippen molar-refractivity contribution >= 4 is 0 Å². The Kier molecular flexibility index (Phi) is 3.50. The van der Waals surface area contributed by atoms with Crippen LogP contribution < -0.4 is 0 Å². The molecule has 1 atom stereocenters. The summed E-state index contributed by atoms with van der Waals surface area (Å²) >= 11 is 0. The molecule has 0 aromatic rings. The van der Waals surface area contributed by atoms with Crippen molar-refractivity contribution < 1.29 is 0 Å². The van der Waals surface area contributed by atoms with Crippen LogP contribution in [-0.2, 0) is 0 Å².